The van der Waals surface area contributed by atoms with Crippen LogP contribution in [-0.4, -0.2) is 48.6 Å². The van der Waals surface area contributed by atoms with E-state index in [1.807, 2.05) is 0 Å². The number of esters is 2. The molecule has 0 atom stereocenters. The third-order valence-corrected chi connectivity index (χ3v) is 7.64. The van der Waals surface area contributed by atoms with Crippen molar-refractivity contribution in [3.8, 4) is 17.2 Å². The Balaban J connectivity index is 1.83. The average Bonchev–Trinajstić information content (AvgIpc) is 2.87. The van der Waals surface area contributed by atoms with Gasteiger partial charge in [0.1, 0.15) is 17.2 Å². The molecule has 0 amide bonds. The first kappa shape index (κ1) is 31.0. The van der Waals surface area contributed by atoms with Crippen molar-refractivity contribution in [3.63, 3.8) is 0 Å². The van der Waals surface area contributed by atoms with Crippen LogP contribution < -0.4 is 14.2 Å². The van der Waals surface area contributed by atoms with E-state index in [0.29, 0.717) is 25.7 Å². The second-order valence-electron chi connectivity index (χ2n) is 9.71. The molecule has 39 heavy (non-hydrogen) atoms. The molecular formula is C24H28F6O8S. The van der Waals surface area contributed by atoms with Crippen molar-refractivity contribution in [2.45, 2.75) is 81.3 Å². The van der Waals surface area contributed by atoms with Crippen LogP contribution in [0, 0.1) is 11.8 Å². The number of carbonyl (C=O) groups excluding carboxylic acids is 2. The molecule has 0 saturated heterocycles. The zero-order chi connectivity index (χ0) is 29.1. The van der Waals surface area contributed by atoms with E-state index in [9.17, 15) is 44.3 Å². The Bertz CT molecular complexity index is 1100. The maximum Gasteiger partial charge on any atom is 0.438 e. The zero-order valence-electron chi connectivity index (χ0n) is 20.6. The molecule has 1 aromatic carbocycles. The maximum atomic E-state index is 14.1. The Morgan fingerprint density at radius 2 is 1.13 bits per heavy atom. The number of benzene rings is 1. The van der Waals surface area contributed by atoms with Crippen molar-refractivity contribution in [1.29, 1.82) is 0 Å². The molecule has 15 heteroatoms. The molecule has 0 bridgehead atoms. The Hall–Kier alpha value is -2.55. The summed E-state index contributed by atoms with van der Waals surface area (Å²) in [7, 11) is -6.92. The Labute approximate surface area is 220 Å². The van der Waals surface area contributed by atoms with Crippen molar-refractivity contribution < 1.29 is 63.1 Å². The third-order valence-electron chi connectivity index (χ3n) is 6.74. The van der Waals surface area contributed by atoms with Gasteiger partial charge in [0.05, 0.1) is 11.8 Å². The molecule has 0 aromatic heterocycles. The van der Waals surface area contributed by atoms with Gasteiger partial charge in [-0.25, -0.2) is 0 Å². The topological polar surface area (TPSA) is 116 Å². The molecule has 0 radical (unpaired) electrons. The second kappa shape index (κ2) is 11.9. The highest BCUT2D eigenvalue weighted by Gasteiger charge is 2.77. The summed E-state index contributed by atoms with van der Waals surface area (Å²) in [5.74, 6) is -16.0. The summed E-state index contributed by atoms with van der Waals surface area (Å²) in [5, 5.41) is -6.54. The van der Waals surface area contributed by atoms with E-state index in [-0.39, 0.29) is 11.5 Å². The van der Waals surface area contributed by atoms with Gasteiger partial charge in [0.15, 0.2) is 6.61 Å². The van der Waals surface area contributed by atoms with E-state index >= 15 is 0 Å². The van der Waals surface area contributed by atoms with Gasteiger partial charge in [0.25, 0.3) is 0 Å². The van der Waals surface area contributed by atoms with Gasteiger partial charge in [-0.05, 0) is 25.7 Å². The molecule has 2 fully saturated rings. The number of hydrogen-bond acceptors (Lipinski definition) is 7. The lowest BCUT2D eigenvalue weighted by atomic mass is 9.89. The predicted octanol–water partition coefficient (Wildman–Crippen LogP) is 5.79. The van der Waals surface area contributed by atoms with Gasteiger partial charge in [-0.15, -0.1) is 0 Å². The highest BCUT2D eigenvalue weighted by Crippen LogP contribution is 2.48. The first-order valence-electron chi connectivity index (χ1n) is 12.4. The smallest absolute Gasteiger partial charge is 0.438 e. The van der Waals surface area contributed by atoms with E-state index < -0.39 is 63.3 Å². The van der Waals surface area contributed by atoms with Crippen molar-refractivity contribution in [2.75, 3.05) is 6.61 Å². The second-order valence-corrected chi connectivity index (χ2v) is 11.2. The molecule has 8 nitrogen and oxygen atoms in total. The minimum atomic E-state index is -6.92. The summed E-state index contributed by atoms with van der Waals surface area (Å²) in [6, 6.07) is 2.75. The van der Waals surface area contributed by atoms with Crippen LogP contribution in [-0.2, 0) is 19.7 Å². The minimum absolute atomic E-state index is 0.340. The van der Waals surface area contributed by atoms with Gasteiger partial charge < -0.3 is 14.2 Å². The van der Waals surface area contributed by atoms with Gasteiger partial charge >= 0.3 is 39.2 Å². The number of alkyl halides is 6. The van der Waals surface area contributed by atoms with E-state index in [1.54, 1.807) is 0 Å². The summed E-state index contributed by atoms with van der Waals surface area (Å²) in [4.78, 5) is 25.1. The molecule has 2 aliphatic rings. The van der Waals surface area contributed by atoms with E-state index in [4.69, 9.17) is 14.0 Å². The van der Waals surface area contributed by atoms with Crippen LogP contribution in [0.1, 0.15) is 64.2 Å². The Kier molecular flexibility index (Phi) is 9.46. The molecule has 1 N–H and O–H groups in total. The van der Waals surface area contributed by atoms with Gasteiger partial charge in [0.2, 0.25) is 0 Å². The molecule has 0 heterocycles. The van der Waals surface area contributed by atoms with Crippen LogP contribution >= 0.6 is 0 Å². The number of carbonyl (C=O) groups is 2. The van der Waals surface area contributed by atoms with Crippen LogP contribution in [0.15, 0.2) is 18.2 Å². The highest BCUT2D eigenvalue weighted by molar-refractivity contribution is 7.87. The molecule has 0 spiro atoms. The van der Waals surface area contributed by atoms with Gasteiger partial charge in [-0.2, -0.15) is 34.8 Å². The molecule has 2 aliphatic carbocycles. The summed E-state index contributed by atoms with van der Waals surface area (Å²) < 4.78 is 128. The third kappa shape index (κ3) is 7.16. The number of ether oxygens (including phenoxy) is 3. The lowest BCUT2D eigenvalue weighted by molar-refractivity contribution is -0.287. The van der Waals surface area contributed by atoms with Crippen molar-refractivity contribution >= 4 is 22.1 Å². The van der Waals surface area contributed by atoms with Gasteiger partial charge in [-0.3, -0.25) is 14.1 Å². The van der Waals surface area contributed by atoms with E-state index in [2.05, 4.69) is 4.74 Å². The molecular weight excluding hydrogens is 562 g/mol. The average molecular weight is 591 g/mol. The SMILES string of the molecule is O=C(Oc1cc(OCC(F)(F)C(F)(F)C(F)(F)S(=O)(=O)O)cc(OC(=O)C2CCCCC2)c1)C1CCCCC1. The Morgan fingerprint density at radius 3 is 1.51 bits per heavy atom. The lowest BCUT2D eigenvalue weighted by Crippen LogP contribution is -2.59. The first-order valence-corrected chi connectivity index (χ1v) is 13.8. The van der Waals surface area contributed by atoms with Crippen LogP contribution in [0.3, 0.4) is 0 Å². The van der Waals surface area contributed by atoms with Crippen LogP contribution in [0.2, 0.25) is 0 Å². The monoisotopic (exact) mass is 590 g/mol. The van der Waals surface area contributed by atoms with Crippen LogP contribution in [0.25, 0.3) is 0 Å². The first-order chi connectivity index (χ1) is 18.0. The van der Waals surface area contributed by atoms with Crippen molar-refractivity contribution in [1.82, 2.24) is 0 Å². The fourth-order valence-electron chi connectivity index (χ4n) is 4.46. The summed E-state index contributed by atoms with van der Waals surface area (Å²) in [5.41, 5.74) is 0. The van der Waals surface area contributed by atoms with Crippen LogP contribution in [0.4, 0.5) is 26.3 Å². The quantitative estimate of drug-likeness (QED) is 0.158. The summed E-state index contributed by atoms with van der Waals surface area (Å²) >= 11 is 0. The molecule has 0 aliphatic heterocycles. The van der Waals surface area contributed by atoms with Gasteiger partial charge in [0, 0.05) is 18.2 Å². The maximum absolute atomic E-state index is 14.1. The van der Waals surface area contributed by atoms with Crippen LogP contribution in [0.5, 0.6) is 17.2 Å². The van der Waals surface area contributed by atoms with E-state index in [1.165, 1.54) is 0 Å². The number of rotatable bonds is 10. The Morgan fingerprint density at radius 1 is 0.744 bits per heavy atom. The fourth-order valence-corrected chi connectivity index (χ4v) is 4.94. The fraction of sp³-hybridized carbons (Fsp3) is 0.667. The lowest BCUT2D eigenvalue weighted by Gasteiger charge is -2.30. The van der Waals surface area contributed by atoms with Crippen molar-refractivity contribution in [3.05, 3.63) is 18.2 Å². The summed E-state index contributed by atoms with van der Waals surface area (Å²) in [6.45, 7) is -2.47. The zero-order valence-corrected chi connectivity index (χ0v) is 21.5. The molecule has 1 aromatic rings. The van der Waals surface area contributed by atoms with E-state index in [0.717, 1.165) is 56.7 Å². The molecule has 3 rings (SSSR count). The highest BCUT2D eigenvalue weighted by atomic mass is 32.2. The van der Waals surface area contributed by atoms with Gasteiger partial charge in [-0.1, -0.05) is 38.5 Å². The normalized spacial score (nSPS) is 18.4. The molecule has 0 unspecified atom stereocenters. The summed E-state index contributed by atoms with van der Waals surface area (Å²) in [6.07, 6.45) is 7.17. The number of hydrogen-bond donors (Lipinski definition) is 1. The van der Waals surface area contributed by atoms with Crippen molar-refractivity contribution in [2.24, 2.45) is 11.8 Å². The number of halogens is 6. The minimum Gasteiger partial charge on any atom is -0.487 e. The molecule has 2 saturated carbocycles. The molecule has 220 valence electrons. The largest absolute Gasteiger partial charge is 0.487 e. The predicted molar refractivity (Wildman–Crippen MR) is 123 cm³/mol. The standard InChI is InChI=1S/C24H28F6O8S/c25-22(26,23(27,28)24(29,30)39(33,34)35)14-36-17-11-18(37-20(31)15-7-3-1-4-8-15)13-19(12-17)38-21(32)16-9-5-2-6-10-16/h11-13,15-16H,1-10,14H2,(H,33,34,35).